The van der Waals surface area contributed by atoms with E-state index in [2.05, 4.69) is 5.10 Å². The molecule has 1 amide bonds. The van der Waals surface area contributed by atoms with Crippen LogP contribution in [0.15, 0.2) is 40.9 Å². The summed E-state index contributed by atoms with van der Waals surface area (Å²) in [4.78, 5) is 12.0. The van der Waals surface area contributed by atoms with E-state index < -0.39 is 23.6 Å². The number of furan rings is 1. The van der Waals surface area contributed by atoms with Gasteiger partial charge < -0.3 is 15.9 Å². The van der Waals surface area contributed by atoms with E-state index in [1.54, 1.807) is 30.9 Å². The van der Waals surface area contributed by atoms with Crippen LogP contribution >= 0.6 is 0 Å². The molecule has 29 heavy (non-hydrogen) atoms. The van der Waals surface area contributed by atoms with E-state index in [1.807, 2.05) is 0 Å². The number of alkyl halides is 3. The quantitative estimate of drug-likeness (QED) is 0.655. The molecule has 0 unspecified atom stereocenters. The van der Waals surface area contributed by atoms with E-state index in [0.717, 1.165) is 6.07 Å². The lowest BCUT2D eigenvalue weighted by Crippen LogP contribution is -2.22. The molecule has 0 saturated heterocycles. The Hall–Kier alpha value is -3.07. The molecule has 4 N–H and O–H groups in total. The van der Waals surface area contributed by atoms with Crippen LogP contribution in [0.4, 0.5) is 13.2 Å². The van der Waals surface area contributed by atoms with E-state index in [4.69, 9.17) is 15.9 Å². The number of carbonyl (C=O) groups is 1. The highest BCUT2D eigenvalue weighted by Crippen LogP contribution is 2.40. The maximum Gasteiger partial charge on any atom is 0.416 e. The molecule has 0 aliphatic rings. The SMILES string of the molecule is Cc1oc(C(N)=O)c([C@@H](CN)Cc2ccccc2C(F)(F)F)c1-c1ccnn1C. The topological polar surface area (TPSA) is 100 Å². The number of halogens is 3. The number of hydrogen-bond acceptors (Lipinski definition) is 4. The Kier molecular flexibility index (Phi) is 5.52. The molecule has 0 fully saturated rings. The minimum absolute atomic E-state index is 0.00367. The van der Waals surface area contributed by atoms with Crippen LogP contribution in [-0.2, 0) is 19.6 Å². The van der Waals surface area contributed by atoms with E-state index in [-0.39, 0.29) is 24.3 Å². The predicted molar refractivity (Wildman–Crippen MR) is 101 cm³/mol. The number of aryl methyl sites for hydroxylation is 2. The van der Waals surface area contributed by atoms with Crippen LogP contribution in [-0.4, -0.2) is 22.2 Å². The molecule has 6 nitrogen and oxygen atoms in total. The molecule has 2 aromatic heterocycles. The van der Waals surface area contributed by atoms with Crippen molar-refractivity contribution >= 4 is 5.91 Å². The molecule has 0 radical (unpaired) electrons. The summed E-state index contributed by atoms with van der Waals surface area (Å²) in [5.74, 6) is -1.11. The molecule has 3 aromatic rings. The Morgan fingerprint density at radius 2 is 1.97 bits per heavy atom. The third kappa shape index (κ3) is 3.91. The Morgan fingerprint density at radius 1 is 1.28 bits per heavy atom. The molecule has 0 aliphatic heterocycles. The molecule has 0 spiro atoms. The molecular weight excluding hydrogens is 385 g/mol. The van der Waals surface area contributed by atoms with Gasteiger partial charge in [0.25, 0.3) is 5.91 Å². The molecule has 154 valence electrons. The van der Waals surface area contributed by atoms with Gasteiger partial charge in [-0.3, -0.25) is 9.48 Å². The molecule has 0 aliphatic carbocycles. The van der Waals surface area contributed by atoms with Crippen molar-refractivity contribution in [2.75, 3.05) is 6.54 Å². The maximum absolute atomic E-state index is 13.4. The van der Waals surface area contributed by atoms with Gasteiger partial charge >= 0.3 is 6.18 Å². The Balaban J connectivity index is 2.16. The lowest BCUT2D eigenvalue weighted by molar-refractivity contribution is -0.138. The number of rotatable bonds is 6. The Morgan fingerprint density at radius 3 is 2.52 bits per heavy atom. The fourth-order valence-electron chi connectivity index (χ4n) is 3.62. The molecule has 0 saturated carbocycles. The number of nitrogens with two attached hydrogens (primary N) is 2. The highest BCUT2D eigenvalue weighted by atomic mass is 19.4. The summed E-state index contributed by atoms with van der Waals surface area (Å²) in [6.07, 6.45) is -2.96. The fraction of sp³-hybridized carbons (Fsp3) is 0.300. The molecule has 1 atom stereocenters. The van der Waals surface area contributed by atoms with Gasteiger partial charge in [0.1, 0.15) is 5.76 Å². The summed E-state index contributed by atoms with van der Waals surface area (Å²) in [6, 6.07) is 7.04. The number of amides is 1. The third-order valence-corrected chi connectivity index (χ3v) is 4.90. The minimum atomic E-state index is -4.50. The van der Waals surface area contributed by atoms with Gasteiger partial charge in [-0.25, -0.2) is 0 Å². The first-order valence-corrected chi connectivity index (χ1v) is 8.91. The average Bonchev–Trinajstić information content (AvgIpc) is 3.21. The van der Waals surface area contributed by atoms with E-state index in [0.29, 0.717) is 22.6 Å². The molecule has 1 aromatic carbocycles. The van der Waals surface area contributed by atoms with Gasteiger partial charge in [-0.1, -0.05) is 18.2 Å². The number of hydrogen-bond donors (Lipinski definition) is 2. The minimum Gasteiger partial charge on any atom is -0.455 e. The van der Waals surface area contributed by atoms with Gasteiger partial charge in [-0.05, 0) is 37.6 Å². The van der Waals surface area contributed by atoms with Crippen molar-refractivity contribution in [3.05, 3.63) is 64.7 Å². The van der Waals surface area contributed by atoms with Gasteiger partial charge in [0.05, 0.1) is 11.3 Å². The van der Waals surface area contributed by atoms with Crippen molar-refractivity contribution in [3.8, 4) is 11.3 Å². The summed E-state index contributed by atoms with van der Waals surface area (Å²) in [7, 11) is 1.71. The summed E-state index contributed by atoms with van der Waals surface area (Å²) in [5, 5.41) is 4.12. The predicted octanol–water partition coefficient (Wildman–Crippen LogP) is 3.39. The molecular formula is C20H21F3N4O2. The van der Waals surface area contributed by atoms with Crippen molar-refractivity contribution in [1.29, 1.82) is 0 Å². The second-order valence-corrected chi connectivity index (χ2v) is 6.77. The number of primary amides is 1. The zero-order valence-electron chi connectivity index (χ0n) is 16.0. The van der Waals surface area contributed by atoms with E-state index in [1.165, 1.54) is 18.2 Å². The Labute approximate surface area is 165 Å². The first-order valence-electron chi connectivity index (χ1n) is 8.91. The van der Waals surface area contributed by atoms with Crippen LogP contribution in [0.2, 0.25) is 0 Å². The van der Waals surface area contributed by atoms with Gasteiger partial charge in [-0.2, -0.15) is 18.3 Å². The monoisotopic (exact) mass is 406 g/mol. The van der Waals surface area contributed by atoms with Crippen molar-refractivity contribution in [1.82, 2.24) is 9.78 Å². The fourth-order valence-corrected chi connectivity index (χ4v) is 3.62. The lowest BCUT2D eigenvalue weighted by atomic mass is 9.86. The summed E-state index contributed by atoms with van der Waals surface area (Å²) < 4.78 is 47.5. The normalized spacial score (nSPS) is 12.9. The van der Waals surface area contributed by atoms with Gasteiger partial charge in [0.2, 0.25) is 0 Å². The van der Waals surface area contributed by atoms with Crippen LogP contribution in [0.25, 0.3) is 11.3 Å². The van der Waals surface area contributed by atoms with Crippen molar-refractivity contribution in [3.63, 3.8) is 0 Å². The van der Waals surface area contributed by atoms with Crippen LogP contribution in [0, 0.1) is 6.92 Å². The zero-order valence-corrected chi connectivity index (χ0v) is 16.0. The number of carbonyl (C=O) groups excluding carboxylic acids is 1. The van der Waals surface area contributed by atoms with Gasteiger partial charge in [0.15, 0.2) is 5.76 Å². The van der Waals surface area contributed by atoms with Crippen LogP contribution < -0.4 is 11.5 Å². The smallest absolute Gasteiger partial charge is 0.416 e. The average molecular weight is 406 g/mol. The standard InChI is InChI=1S/C20H21F3N4O2/c1-11-16(15-7-8-26-27(15)2)17(18(29-11)19(25)28)13(10-24)9-12-5-3-4-6-14(12)20(21,22)23/h3-8,13H,9-10,24H2,1-2H3,(H2,25,28)/t13-/m1/s1. The first kappa shape index (κ1) is 20.7. The zero-order chi connectivity index (χ0) is 21.3. The lowest BCUT2D eigenvalue weighted by Gasteiger charge is -2.20. The second-order valence-electron chi connectivity index (χ2n) is 6.77. The summed E-state index contributed by atoms with van der Waals surface area (Å²) in [6.45, 7) is 1.66. The van der Waals surface area contributed by atoms with E-state index in [9.17, 15) is 18.0 Å². The molecule has 3 rings (SSSR count). The number of aromatic nitrogens is 2. The molecule has 2 heterocycles. The second kappa shape index (κ2) is 7.75. The van der Waals surface area contributed by atoms with Crippen LogP contribution in [0.1, 0.15) is 38.9 Å². The highest BCUT2D eigenvalue weighted by molar-refractivity contribution is 5.94. The maximum atomic E-state index is 13.4. The van der Waals surface area contributed by atoms with Crippen molar-refractivity contribution < 1.29 is 22.4 Å². The van der Waals surface area contributed by atoms with Crippen LogP contribution in [0.3, 0.4) is 0 Å². The number of nitrogens with zero attached hydrogens (tertiary/aromatic N) is 2. The first-order chi connectivity index (χ1) is 13.6. The summed E-state index contributed by atoms with van der Waals surface area (Å²) in [5.41, 5.74) is 12.4. The Bertz CT molecular complexity index is 1040. The van der Waals surface area contributed by atoms with Crippen molar-refractivity contribution in [2.24, 2.45) is 18.5 Å². The highest BCUT2D eigenvalue weighted by Gasteiger charge is 2.35. The molecule has 0 bridgehead atoms. The largest absolute Gasteiger partial charge is 0.455 e. The van der Waals surface area contributed by atoms with Crippen LogP contribution in [0.5, 0.6) is 0 Å². The number of benzene rings is 1. The van der Waals surface area contributed by atoms with E-state index >= 15 is 0 Å². The molecule has 9 heteroatoms. The third-order valence-electron chi connectivity index (χ3n) is 4.90. The van der Waals surface area contributed by atoms with Gasteiger partial charge in [-0.15, -0.1) is 0 Å². The van der Waals surface area contributed by atoms with Crippen molar-refractivity contribution in [2.45, 2.75) is 25.4 Å². The van der Waals surface area contributed by atoms with Gasteiger partial charge in [0, 0.05) is 30.3 Å². The summed E-state index contributed by atoms with van der Waals surface area (Å²) >= 11 is 0.